The van der Waals surface area contributed by atoms with Crippen molar-refractivity contribution in [1.82, 2.24) is 30.3 Å². The van der Waals surface area contributed by atoms with Crippen LogP contribution in [0, 0.1) is 0 Å². The summed E-state index contributed by atoms with van der Waals surface area (Å²) in [7, 11) is 0. The Labute approximate surface area is 163 Å². The number of aromatic nitrogens is 4. The molecule has 3 aromatic rings. The smallest absolute Gasteiger partial charge is 0.317 e. The van der Waals surface area contributed by atoms with Crippen LogP contribution in [0.15, 0.2) is 53.4 Å². The van der Waals surface area contributed by atoms with E-state index in [9.17, 15) is 4.79 Å². The third-order valence-corrected chi connectivity index (χ3v) is 4.84. The second-order valence-corrected chi connectivity index (χ2v) is 6.77. The minimum atomic E-state index is -0.0314. The van der Waals surface area contributed by atoms with Gasteiger partial charge >= 0.3 is 6.03 Å². The van der Waals surface area contributed by atoms with E-state index in [4.69, 9.17) is 4.52 Å². The highest BCUT2D eigenvalue weighted by Gasteiger charge is 2.30. The van der Waals surface area contributed by atoms with Gasteiger partial charge in [-0.1, -0.05) is 35.5 Å². The fourth-order valence-corrected chi connectivity index (χ4v) is 3.44. The minimum absolute atomic E-state index is 0.0314. The first-order valence-electron chi connectivity index (χ1n) is 9.47. The first kappa shape index (κ1) is 18.1. The van der Waals surface area contributed by atoms with E-state index in [2.05, 4.69) is 37.6 Å². The van der Waals surface area contributed by atoms with Crippen LogP contribution in [0.25, 0.3) is 11.6 Å². The highest BCUT2D eigenvalue weighted by molar-refractivity contribution is 5.74. The van der Waals surface area contributed by atoms with Gasteiger partial charge < -0.3 is 14.7 Å². The maximum Gasteiger partial charge on any atom is 0.317 e. The lowest BCUT2D eigenvalue weighted by Gasteiger charge is -2.24. The molecule has 28 heavy (non-hydrogen) atoms. The van der Waals surface area contributed by atoms with Crippen LogP contribution in [0.4, 0.5) is 4.79 Å². The largest absolute Gasteiger partial charge is 0.338 e. The molecule has 1 saturated heterocycles. The molecular formula is C20H22N6O2. The molecular weight excluding hydrogens is 356 g/mol. The number of hydrogen-bond donors (Lipinski definition) is 1. The Morgan fingerprint density at radius 1 is 1.25 bits per heavy atom. The third kappa shape index (κ3) is 4.33. The Morgan fingerprint density at radius 2 is 2.14 bits per heavy atom. The molecule has 1 atom stereocenters. The summed E-state index contributed by atoms with van der Waals surface area (Å²) in [6.07, 6.45) is 8.05. The van der Waals surface area contributed by atoms with Gasteiger partial charge in [0, 0.05) is 37.9 Å². The molecule has 1 aliphatic rings. The van der Waals surface area contributed by atoms with E-state index >= 15 is 0 Å². The van der Waals surface area contributed by atoms with Crippen LogP contribution >= 0.6 is 0 Å². The summed E-state index contributed by atoms with van der Waals surface area (Å²) >= 11 is 0. The van der Waals surface area contributed by atoms with Gasteiger partial charge in [0.2, 0.25) is 0 Å². The highest BCUT2D eigenvalue weighted by atomic mass is 16.5. The number of nitrogens with zero attached hydrogens (tertiary/aromatic N) is 5. The van der Waals surface area contributed by atoms with Gasteiger partial charge in [0.05, 0.1) is 6.20 Å². The van der Waals surface area contributed by atoms with Gasteiger partial charge in [0.1, 0.15) is 5.69 Å². The Bertz CT molecular complexity index is 899. The lowest BCUT2D eigenvalue weighted by Crippen LogP contribution is -2.44. The molecule has 8 nitrogen and oxygen atoms in total. The minimum Gasteiger partial charge on any atom is -0.338 e. The van der Waals surface area contributed by atoms with Gasteiger partial charge in [-0.2, -0.15) is 4.98 Å². The number of urea groups is 1. The molecule has 0 saturated carbocycles. The van der Waals surface area contributed by atoms with Gasteiger partial charge in [-0.25, -0.2) is 9.78 Å². The lowest BCUT2D eigenvalue weighted by atomic mass is 10.1. The average molecular weight is 378 g/mol. The quantitative estimate of drug-likeness (QED) is 0.708. The number of hydrogen-bond acceptors (Lipinski definition) is 6. The predicted octanol–water partition coefficient (Wildman–Crippen LogP) is 2.49. The van der Waals surface area contributed by atoms with E-state index in [1.165, 1.54) is 5.56 Å². The monoisotopic (exact) mass is 378 g/mol. The van der Waals surface area contributed by atoms with Crippen molar-refractivity contribution in [2.45, 2.75) is 31.7 Å². The average Bonchev–Trinajstić information content (AvgIpc) is 3.39. The molecule has 144 valence electrons. The fourth-order valence-electron chi connectivity index (χ4n) is 3.44. The summed E-state index contributed by atoms with van der Waals surface area (Å²) in [5, 5.41) is 7.06. The summed E-state index contributed by atoms with van der Waals surface area (Å²) in [6, 6.07) is 10.2. The van der Waals surface area contributed by atoms with Crippen molar-refractivity contribution in [3.8, 4) is 11.6 Å². The molecule has 4 rings (SSSR count). The summed E-state index contributed by atoms with van der Waals surface area (Å²) < 4.78 is 5.29. The Morgan fingerprint density at radius 3 is 2.96 bits per heavy atom. The van der Waals surface area contributed by atoms with Crippen molar-refractivity contribution < 1.29 is 9.32 Å². The molecule has 1 aliphatic heterocycles. The molecule has 0 bridgehead atoms. The van der Waals surface area contributed by atoms with E-state index in [-0.39, 0.29) is 12.1 Å². The fraction of sp³-hybridized carbons (Fsp3) is 0.350. The van der Waals surface area contributed by atoms with Crippen LogP contribution in [-0.4, -0.2) is 50.2 Å². The SMILES string of the molecule is O=C(NCCc1ccccc1)N1CCCC1Cc1noc(-c2cnccn2)n1. The van der Waals surface area contributed by atoms with Crippen molar-refractivity contribution in [3.63, 3.8) is 0 Å². The number of amides is 2. The van der Waals surface area contributed by atoms with Crippen LogP contribution in [0.3, 0.4) is 0 Å². The lowest BCUT2D eigenvalue weighted by molar-refractivity contribution is 0.191. The van der Waals surface area contributed by atoms with Gasteiger partial charge in [0.25, 0.3) is 5.89 Å². The molecule has 2 aromatic heterocycles. The van der Waals surface area contributed by atoms with Crippen molar-refractivity contribution in [2.24, 2.45) is 0 Å². The summed E-state index contributed by atoms with van der Waals surface area (Å²) in [5.41, 5.74) is 1.76. The second kappa shape index (κ2) is 8.60. The number of carbonyl (C=O) groups excluding carboxylic acids is 1. The van der Waals surface area contributed by atoms with E-state index in [1.54, 1.807) is 18.6 Å². The molecule has 0 spiro atoms. The molecule has 2 amide bonds. The van der Waals surface area contributed by atoms with E-state index in [0.717, 1.165) is 25.8 Å². The van der Waals surface area contributed by atoms with Gasteiger partial charge in [-0.3, -0.25) is 4.98 Å². The van der Waals surface area contributed by atoms with Gasteiger partial charge in [-0.05, 0) is 24.8 Å². The van der Waals surface area contributed by atoms with Crippen LogP contribution in [0.5, 0.6) is 0 Å². The zero-order chi connectivity index (χ0) is 19.2. The summed E-state index contributed by atoms with van der Waals surface area (Å²) in [6.45, 7) is 1.36. The van der Waals surface area contributed by atoms with Crippen molar-refractivity contribution in [3.05, 3.63) is 60.3 Å². The van der Waals surface area contributed by atoms with Gasteiger partial charge in [0.15, 0.2) is 5.82 Å². The number of rotatable bonds is 6. The number of likely N-dealkylation sites (tertiary alicyclic amines) is 1. The van der Waals surface area contributed by atoms with E-state index < -0.39 is 0 Å². The normalized spacial score (nSPS) is 16.3. The van der Waals surface area contributed by atoms with E-state index in [0.29, 0.717) is 30.4 Å². The van der Waals surface area contributed by atoms with Crippen LogP contribution in [0.1, 0.15) is 24.2 Å². The first-order chi connectivity index (χ1) is 13.8. The second-order valence-electron chi connectivity index (χ2n) is 6.77. The molecule has 1 N–H and O–H groups in total. The van der Waals surface area contributed by atoms with Crippen molar-refractivity contribution >= 4 is 6.03 Å². The van der Waals surface area contributed by atoms with Crippen molar-refractivity contribution in [1.29, 1.82) is 0 Å². The maximum absolute atomic E-state index is 12.6. The molecule has 1 fully saturated rings. The molecule has 1 unspecified atom stereocenters. The summed E-state index contributed by atoms with van der Waals surface area (Å²) in [4.78, 5) is 27.0. The number of carbonyl (C=O) groups is 1. The summed E-state index contributed by atoms with van der Waals surface area (Å²) in [5.74, 6) is 0.926. The van der Waals surface area contributed by atoms with Crippen LogP contribution in [0.2, 0.25) is 0 Å². The Hall–Kier alpha value is -3.29. The molecule has 8 heteroatoms. The van der Waals surface area contributed by atoms with Crippen LogP contribution in [-0.2, 0) is 12.8 Å². The molecule has 1 aromatic carbocycles. The first-order valence-corrected chi connectivity index (χ1v) is 9.47. The van der Waals surface area contributed by atoms with Gasteiger partial charge in [-0.15, -0.1) is 0 Å². The Kier molecular flexibility index (Phi) is 5.56. The topological polar surface area (TPSA) is 97.0 Å². The predicted molar refractivity (Wildman–Crippen MR) is 102 cm³/mol. The number of benzene rings is 1. The molecule has 0 radical (unpaired) electrons. The van der Waals surface area contributed by atoms with E-state index in [1.807, 2.05) is 23.1 Å². The standard InChI is InChI=1S/C20H22N6O2/c27-20(23-9-8-15-5-2-1-3-6-15)26-12-4-7-16(26)13-18-24-19(28-25-18)17-14-21-10-11-22-17/h1-3,5-6,10-11,14,16H,4,7-9,12-13H2,(H,23,27). The molecule has 0 aliphatic carbocycles. The zero-order valence-electron chi connectivity index (χ0n) is 15.5. The molecule has 3 heterocycles. The third-order valence-electron chi connectivity index (χ3n) is 4.84. The number of nitrogens with one attached hydrogen (secondary N) is 1. The Balaban J connectivity index is 1.32. The van der Waals surface area contributed by atoms with Crippen LogP contribution < -0.4 is 5.32 Å². The maximum atomic E-state index is 12.6. The zero-order valence-corrected chi connectivity index (χ0v) is 15.5. The van der Waals surface area contributed by atoms with Crippen molar-refractivity contribution in [2.75, 3.05) is 13.1 Å². The highest BCUT2D eigenvalue weighted by Crippen LogP contribution is 2.21.